The number of hydrogen-bond donors (Lipinski definition) is 1. The number of carbonyl (C=O) groups is 1. The molecule has 0 radical (unpaired) electrons. The van der Waals surface area contributed by atoms with Crippen LogP contribution in [0.2, 0.25) is 0 Å². The lowest BCUT2D eigenvalue weighted by Gasteiger charge is -2.32. The lowest BCUT2D eigenvalue weighted by atomic mass is 10.0. The first-order valence-corrected chi connectivity index (χ1v) is 6.74. The summed E-state index contributed by atoms with van der Waals surface area (Å²) in [5.74, 6) is -1.72. The molecule has 0 atom stereocenters. The molecule has 1 aromatic rings. The van der Waals surface area contributed by atoms with E-state index in [1.165, 1.54) is 12.1 Å². The minimum absolute atomic E-state index is 0.0250. The monoisotopic (exact) mass is 284 g/mol. The summed E-state index contributed by atoms with van der Waals surface area (Å²) in [6.45, 7) is 3.21. The number of carbonyl (C=O) groups excluding carboxylic acids is 1. The van der Waals surface area contributed by atoms with Crippen LogP contribution in [0.25, 0.3) is 0 Å². The Morgan fingerprint density at radius 3 is 2.75 bits per heavy atom. The molecule has 0 aromatic heterocycles. The molecule has 110 valence electrons. The Morgan fingerprint density at radius 1 is 1.40 bits per heavy atom. The Morgan fingerprint density at radius 2 is 2.10 bits per heavy atom. The molecule has 1 aliphatic heterocycles. The molecule has 20 heavy (non-hydrogen) atoms. The van der Waals surface area contributed by atoms with Gasteiger partial charge in [-0.25, -0.2) is 13.6 Å². The summed E-state index contributed by atoms with van der Waals surface area (Å²) in [5.41, 5.74) is 0.166. The zero-order chi connectivity index (χ0) is 14.5. The van der Waals surface area contributed by atoms with Gasteiger partial charge in [0.15, 0.2) is 11.6 Å². The molecule has 6 heteroatoms. The molecule has 4 nitrogen and oxygen atoms in total. The van der Waals surface area contributed by atoms with Crippen molar-refractivity contribution in [2.24, 2.45) is 0 Å². The highest BCUT2D eigenvalue weighted by molar-refractivity contribution is 5.67. The predicted molar refractivity (Wildman–Crippen MR) is 71.6 cm³/mol. The minimum Gasteiger partial charge on any atom is -0.450 e. The quantitative estimate of drug-likeness (QED) is 0.927. The van der Waals surface area contributed by atoms with Crippen molar-refractivity contribution >= 4 is 11.8 Å². The summed E-state index contributed by atoms with van der Waals surface area (Å²) in [4.78, 5) is 13.2. The second-order valence-corrected chi connectivity index (χ2v) is 4.71. The van der Waals surface area contributed by atoms with Gasteiger partial charge in [-0.1, -0.05) is 6.07 Å². The fourth-order valence-electron chi connectivity index (χ4n) is 2.26. The SMILES string of the molecule is CCOC(=O)N1CCC(Nc2cccc(F)c2F)CC1. The van der Waals surface area contributed by atoms with Gasteiger partial charge in [0.2, 0.25) is 0 Å². The van der Waals surface area contributed by atoms with Gasteiger partial charge < -0.3 is 15.0 Å². The van der Waals surface area contributed by atoms with E-state index in [1.54, 1.807) is 11.8 Å². The number of likely N-dealkylation sites (tertiary alicyclic amines) is 1. The fraction of sp³-hybridized carbons (Fsp3) is 0.500. The largest absolute Gasteiger partial charge is 0.450 e. The van der Waals surface area contributed by atoms with Crippen LogP contribution in [0.4, 0.5) is 19.3 Å². The summed E-state index contributed by atoms with van der Waals surface area (Å²) < 4.78 is 31.6. The number of rotatable bonds is 3. The van der Waals surface area contributed by atoms with Gasteiger partial charge in [0.1, 0.15) is 0 Å². The standard InChI is InChI=1S/C14H18F2N2O2/c1-2-20-14(19)18-8-6-10(7-9-18)17-12-5-3-4-11(15)13(12)16/h3-5,10,17H,2,6-9H2,1H3. The normalized spacial score (nSPS) is 16.1. The van der Waals surface area contributed by atoms with Gasteiger partial charge in [-0.05, 0) is 31.9 Å². The van der Waals surface area contributed by atoms with Crippen LogP contribution in [0.3, 0.4) is 0 Å². The van der Waals surface area contributed by atoms with Crippen molar-refractivity contribution in [2.45, 2.75) is 25.8 Å². The van der Waals surface area contributed by atoms with Crippen LogP contribution in [0, 0.1) is 11.6 Å². The molecule has 2 rings (SSSR count). The Hall–Kier alpha value is -1.85. The summed E-state index contributed by atoms with van der Waals surface area (Å²) in [6, 6.07) is 4.09. The molecule has 0 bridgehead atoms. The van der Waals surface area contributed by atoms with Gasteiger partial charge in [0.05, 0.1) is 12.3 Å². The zero-order valence-electron chi connectivity index (χ0n) is 11.4. The Labute approximate surface area is 116 Å². The fourth-order valence-corrected chi connectivity index (χ4v) is 2.26. The van der Waals surface area contributed by atoms with Gasteiger partial charge in [-0.2, -0.15) is 0 Å². The summed E-state index contributed by atoms with van der Waals surface area (Å²) in [7, 11) is 0. The van der Waals surface area contributed by atoms with Crippen molar-refractivity contribution in [3.05, 3.63) is 29.8 Å². The molecule has 1 fully saturated rings. The zero-order valence-corrected chi connectivity index (χ0v) is 11.4. The molecule has 1 N–H and O–H groups in total. The van der Waals surface area contributed by atoms with Crippen LogP contribution in [-0.4, -0.2) is 36.7 Å². The average molecular weight is 284 g/mol. The summed E-state index contributed by atoms with van der Waals surface area (Å²) in [6.07, 6.45) is 1.03. The third-order valence-electron chi connectivity index (χ3n) is 3.33. The third-order valence-corrected chi connectivity index (χ3v) is 3.33. The first-order chi connectivity index (χ1) is 9.61. The Bertz CT molecular complexity index is 474. The molecule has 0 saturated carbocycles. The van der Waals surface area contributed by atoms with Crippen molar-refractivity contribution in [2.75, 3.05) is 25.0 Å². The van der Waals surface area contributed by atoms with Crippen LogP contribution < -0.4 is 5.32 Å². The highest BCUT2D eigenvalue weighted by atomic mass is 19.2. The van der Waals surface area contributed by atoms with Gasteiger partial charge in [-0.3, -0.25) is 0 Å². The van der Waals surface area contributed by atoms with Crippen LogP contribution in [0.1, 0.15) is 19.8 Å². The van der Waals surface area contributed by atoms with Gasteiger partial charge in [-0.15, -0.1) is 0 Å². The Balaban J connectivity index is 1.88. The van der Waals surface area contributed by atoms with Crippen LogP contribution in [0.15, 0.2) is 18.2 Å². The van der Waals surface area contributed by atoms with E-state index in [9.17, 15) is 13.6 Å². The number of amides is 1. The van der Waals surface area contributed by atoms with Gasteiger partial charge in [0, 0.05) is 19.1 Å². The number of hydrogen-bond acceptors (Lipinski definition) is 3. The molecule has 1 aliphatic rings. The number of benzene rings is 1. The van der Waals surface area contributed by atoms with Crippen LogP contribution >= 0.6 is 0 Å². The molecule has 1 saturated heterocycles. The number of halogens is 2. The lowest BCUT2D eigenvalue weighted by molar-refractivity contribution is 0.0983. The molecular formula is C14H18F2N2O2. The number of nitrogens with one attached hydrogen (secondary N) is 1. The second-order valence-electron chi connectivity index (χ2n) is 4.71. The average Bonchev–Trinajstić information content (AvgIpc) is 2.45. The van der Waals surface area contributed by atoms with E-state index in [0.29, 0.717) is 32.5 Å². The third kappa shape index (κ3) is 3.37. The van der Waals surface area contributed by atoms with E-state index in [0.717, 1.165) is 6.07 Å². The van der Waals surface area contributed by atoms with E-state index in [4.69, 9.17) is 4.74 Å². The molecule has 1 amide bonds. The maximum absolute atomic E-state index is 13.5. The minimum atomic E-state index is -0.862. The van der Waals surface area contributed by atoms with E-state index in [2.05, 4.69) is 5.32 Å². The highest BCUT2D eigenvalue weighted by Gasteiger charge is 2.24. The van der Waals surface area contributed by atoms with Crippen molar-refractivity contribution in [1.82, 2.24) is 4.90 Å². The summed E-state index contributed by atoms with van der Waals surface area (Å²) in [5, 5.41) is 2.99. The molecule has 0 spiro atoms. The smallest absolute Gasteiger partial charge is 0.409 e. The molecule has 1 heterocycles. The van der Waals surface area contributed by atoms with E-state index < -0.39 is 11.6 Å². The predicted octanol–water partition coefficient (Wildman–Crippen LogP) is 3.00. The highest BCUT2D eigenvalue weighted by Crippen LogP contribution is 2.21. The van der Waals surface area contributed by atoms with Gasteiger partial charge >= 0.3 is 6.09 Å². The summed E-state index contributed by atoms with van der Waals surface area (Å²) >= 11 is 0. The van der Waals surface area contributed by atoms with Crippen LogP contribution in [0.5, 0.6) is 0 Å². The van der Waals surface area contributed by atoms with E-state index >= 15 is 0 Å². The maximum Gasteiger partial charge on any atom is 0.409 e. The number of piperidine rings is 1. The first-order valence-electron chi connectivity index (χ1n) is 6.74. The number of nitrogens with zero attached hydrogens (tertiary/aromatic N) is 1. The molecule has 1 aromatic carbocycles. The van der Waals surface area contributed by atoms with Crippen molar-refractivity contribution in [3.8, 4) is 0 Å². The Kier molecular flexibility index (Phi) is 4.76. The number of anilines is 1. The van der Waals surface area contributed by atoms with Crippen molar-refractivity contribution in [1.29, 1.82) is 0 Å². The van der Waals surface area contributed by atoms with E-state index in [-0.39, 0.29) is 17.8 Å². The number of ether oxygens (including phenoxy) is 1. The van der Waals surface area contributed by atoms with Crippen molar-refractivity contribution in [3.63, 3.8) is 0 Å². The van der Waals surface area contributed by atoms with E-state index in [1.807, 2.05) is 0 Å². The maximum atomic E-state index is 13.5. The molecule has 0 unspecified atom stereocenters. The van der Waals surface area contributed by atoms with Gasteiger partial charge in [0.25, 0.3) is 0 Å². The molecular weight excluding hydrogens is 266 g/mol. The lowest BCUT2D eigenvalue weighted by Crippen LogP contribution is -2.42. The van der Waals surface area contributed by atoms with Crippen molar-refractivity contribution < 1.29 is 18.3 Å². The van der Waals surface area contributed by atoms with Crippen LogP contribution in [-0.2, 0) is 4.74 Å². The molecule has 0 aliphatic carbocycles. The second kappa shape index (κ2) is 6.54. The topological polar surface area (TPSA) is 41.6 Å². The first kappa shape index (κ1) is 14.6.